The van der Waals surface area contributed by atoms with Crippen LogP contribution in [0.2, 0.25) is 0 Å². The van der Waals surface area contributed by atoms with Crippen LogP contribution in [0.1, 0.15) is 51.9 Å². The Morgan fingerprint density at radius 2 is 2.03 bits per heavy atom. The third kappa shape index (κ3) is 4.79. The van der Waals surface area contributed by atoms with Crippen LogP contribution in [0.4, 0.5) is 4.39 Å². The number of ketones is 1. The minimum absolute atomic E-state index is 0.142. The van der Waals surface area contributed by atoms with Crippen molar-refractivity contribution < 1.29 is 13.9 Å². The van der Waals surface area contributed by atoms with Crippen LogP contribution < -0.4 is 4.74 Å². The van der Waals surface area contributed by atoms with E-state index in [1.165, 1.54) is 17.8 Å². The van der Waals surface area contributed by atoms with Gasteiger partial charge in [0.1, 0.15) is 22.6 Å². The van der Waals surface area contributed by atoms with Gasteiger partial charge in [-0.05, 0) is 61.2 Å². The van der Waals surface area contributed by atoms with Crippen LogP contribution in [0, 0.1) is 11.7 Å². The Bertz CT molecular complexity index is 1520. The molecule has 2 aliphatic rings. The number of aliphatic imine (C=N–C) groups is 1. The standard InChI is InChI=1S/C29H27FN4O2S/c1-36-28-6-2-5-24(30)23(28)17-34-11-3-4-18(16-34)12-27(35)19-7-8-21-15-31-29(22(21)13-19)20-9-10-25-26(14-20)33-37-32-25/h2,5-10,13-14,18H,3-4,11-12,15-17H2,1H3/t18-/m0/s1. The van der Waals surface area contributed by atoms with Crippen LogP contribution in [-0.2, 0) is 13.1 Å². The number of hydrogen-bond donors (Lipinski definition) is 0. The van der Waals surface area contributed by atoms with Crippen molar-refractivity contribution in [2.45, 2.75) is 32.4 Å². The van der Waals surface area contributed by atoms with E-state index in [0.717, 1.165) is 64.9 Å². The molecule has 6 nitrogen and oxygen atoms in total. The predicted molar refractivity (Wildman–Crippen MR) is 143 cm³/mol. The van der Waals surface area contributed by atoms with Crippen LogP contribution >= 0.6 is 11.7 Å². The van der Waals surface area contributed by atoms with Gasteiger partial charge in [0.25, 0.3) is 0 Å². The number of carbonyl (C=O) groups excluding carboxylic acids is 1. The third-order valence-corrected chi connectivity index (χ3v) is 7.93. The van der Waals surface area contributed by atoms with Crippen molar-refractivity contribution in [2.24, 2.45) is 10.9 Å². The van der Waals surface area contributed by atoms with Crippen molar-refractivity contribution in [1.82, 2.24) is 13.6 Å². The zero-order valence-electron chi connectivity index (χ0n) is 20.6. The topological polar surface area (TPSA) is 67.7 Å². The van der Waals surface area contributed by atoms with Crippen molar-refractivity contribution in [3.05, 3.63) is 88.2 Å². The third-order valence-electron chi connectivity index (χ3n) is 7.38. The van der Waals surface area contributed by atoms with Crippen molar-refractivity contribution >= 4 is 34.3 Å². The summed E-state index contributed by atoms with van der Waals surface area (Å²) in [6.45, 7) is 2.75. The van der Waals surface area contributed by atoms with E-state index in [0.29, 0.717) is 30.8 Å². The number of ether oxygens (including phenoxy) is 1. The lowest BCUT2D eigenvalue weighted by atomic mass is 9.89. The van der Waals surface area contributed by atoms with Gasteiger partial charge in [0.05, 0.1) is 31.1 Å². The van der Waals surface area contributed by atoms with Crippen LogP contribution in [0.15, 0.2) is 59.6 Å². The highest BCUT2D eigenvalue weighted by Crippen LogP contribution is 2.29. The second-order valence-electron chi connectivity index (χ2n) is 9.80. The van der Waals surface area contributed by atoms with Gasteiger partial charge in [-0.3, -0.25) is 14.7 Å². The number of benzene rings is 3. The number of aromatic nitrogens is 2. The highest BCUT2D eigenvalue weighted by molar-refractivity contribution is 7.00. The number of rotatable bonds is 7. The lowest BCUT2D eigenvalue weighted by Crippen LogP contribution is -2.36. The first-order valence-electron chi connectivity index (χ1n) is 12.6. The smallest absolute Gasteiger partial charge is 0.163 e. The number of carbonyl (C=O) groups is 1. The molecular formula is C29H27FN4O2S. The van der Waals surface area contributed by atoms with Gasteiger partial charge >= 0.3 is 0 Å². The van der Waals surface area contributed by atoms with Gasteiger partial charge in [-0.15, -0.1) is 0 Å². The Morgan fingerprint density at radius 3 is 2.92 bits per heavy atom. The summed E-state index contributed by atoms with van der Waals surface area (Å²) < 4.78 is 28.5. The van der Waals surface area contributed by atoms with Gasteiger partial charge in [0, 0.05) is 41.8 Å². The molecule has 0 unspecified atom stereocenters. The van der Waals surface area contributed by atoms with E-state index in [9.17, 15) is 9.18 Å². The minimum Gasteiger partial charge on any atom is -0.496 e. The van der Waals surface area contributed by atoms with Gasteiger partial charge in [-0.1, -0.05) is 24.3 Å². The molecule has 2 aliphatic heterocycles. The summed E-state index contributed by atoms with van der Waals surface area (Å²) in [6, 6.07) is 16.9. The molecule has 0 amide bonds. The first-order valence-corrected chi connectivity index (χ1v) is 13.3. The Hall–Kier alpha value is -3.49. The molecule has 1 atom stereocenters. The SMILES string of the molecule is COc1cccc(F)c1CN1CCC[C@@H](CC(=O)c2ccc3c(c2)C(c2ccc4nsnc4c2)=NC3)C1. The Labute approximate surface area is 219 Å². The van der Waals surface area contributed by atoms with Crippen LogP contribution in [0.25, 0.3) is 11.0 Å². The number of fused-ring (bicyclic) bond motifs is 2. The van der Waals surface area contributed by atoms with Crippen LogP contribution in [0.5, 0.6) is 5.75 Å². The number of Topliss-reactive ketones (excluding diaryl/α,β-unsaturated/α-hetero) is 1. The Balaban J connectivity index is 1.16. The summed E-state index contributed by atoms with van der Waals surface area (Å²) in [5, 5.41) is 0. The molecular weight excluding hydrogens is 487 g/mol. The molecule has 1 saturated heterocycles. The summed E-state index contributed by atoms with van der Waals surface area (Å²) in [6.07, 6.45) is 2.46. The van der Waals surface area contributed by atoms with E-state index >= 15 is 0 Å². The predicted octanol–water partition coefficient (Wildman–Crippen LogP) is 5.68. The van der Waals surface area contributed by atoms with Gasteiger partial charge in [0.2, 0.25) is 0 Å². The van der Waals surface area contributed by atoms with Crippen LogP contribution in [-0.4, -0.2) is 45.3 Å². The molecule has 0 N–H and O–H groups in total. The molecule has 1 fully saturated rings. The number of methoxy groups -OCH3 is 1. The van der Waals surface area contributed by atoms with Gasteiger partial charge < -0.3 is 4.74 Å². The van der Waals surface area contributed by atoms with E-state index in [-0.39, 0.29) is 17.5 Å². The van der Waals surface area contributed by atoms with Gasteiger partial charge in [-0.2, -0.15) is 8.75 Å². The lowest BCUT2D eigenvalue weighted by Gasteiger charge is -2.33. The normalized spacial score (nSPS) is 17.6. The minimum atomic E-state index is -0.252. The fraction of sp³-hybridized carbons (Fsp3) is 0.310. The molecule has 3 aromatic carbocycles. The van der Waals surface area contributed by atoms with Crippen LogP contribution in [0.3, 0.4) is 0 Å². The van der Waals surface area contributed by atoms with Crippen molar-refractivity contribution in [3.8, 4) is 5.75 Å². The molecule has 0 saturated carbocycles. The molecule has 4 aromatic rings. The van der Waals surface area contributed by atoms with E-state index in [4.69, 9.17) is 9.73 Å². The van der Waals surface area contributed by atoms with E-state index in [2.05, 4.69) is 13.6 Å². The van der Waals surface area contributed by atoms with Crippen molar-refractivity contribution in [2.75, 3.05) is 20.2 Å². The molecule has 0 radical (unpaired) electrons. The Morgan fingerprint density at radius 1 is 1.14 bits per heavy atom. The average molecular weight is 515 g/mol. The first-order chi connectivity index (χ1) is 18.1. The Kier molecular flexibility index (Phi) is 6.52. The molecule has 3 heterocycles. The summed E-state index contributed by atoms with van der Waals surface area (Å²) >= 11 is 1.20. The van der Waals surface area contributed by atoms with Crippen molar-refractivity contribution in [1.29, 1.82) is 0 Å². The maximum atomic E-state index is 14.5. The van der Waals surface area contributed by atoms with E-state index in [1.54, 1.807) is 19.2 Å². The largest absolute Gasteiger partial charge is 0.496 e. The highest BCUT2D eigenvalue weighted by Gasteiger charge is 2.26. The maximum Gasteiger partial charge on any atom is 0.163 e. The fourth-order valence-corrected chi connectivity index (χ4v) is 6.00. The number of piperidine rings is 1. The number of hydrogen-bond acceptors (Lipinski definition) is 7. The molecule has 188 valence electrons. The fourth-order valence-electron chi connectivity index (χ4n) is 5.48. The molecule has 6 rings (SSSR count). The zero-order chi connectivity index (χ0) is 25.4. The average Bonchev–Trinajstić information content (AvgIpc) is 3.56. The highest BCUT2D eigenvalue weighted by atomic mass is 32.1. The monoisotopic (exact) mass is 514 g/mol. The number of nitrogens with zero attached hydrogens (tertiary/aromatic N) is 4. The number of halogens is 1. The summed E-state index contributed by atoms with van der Waals surface area (Å²) in [7, 11) is 1.57. The van der Waals surface area contributed by atoms with E-state index < -0.39 is 0 Å². The quantitative estimate of drug-likeness (QED) is 0.297. The molecule has 0 spiro atoms. The summed E-state index contributed by atoms with van der Waals surface area (Å²) in [5.41, 5.74) is 7.09. The van der Waals surface area contributed by atoms with Crippen molar-refractivity contribution in [3.63, 3.8) is 0 Å². The summed E-state index contributed by atoms with van der Waals surface area (Å²) in [5.74, 6) is 0.695. The number of likely N-dealkylation sites (tertiary alicyclic amines) is 1. The van der Waals surface area contributed by atoms with E-state index in [1.807, 2.05) is 36.4 Å². The molecule has 37 heavy (non-hydrogen) atoms. The summed E-state index contributed by atoms with van der Waals surface area (Å²) in [4.78, 5) is 20.4. The maximum absolute atomic E-state index is 14.5. The molecule has 1 aromatic heterocycles. The van der Waals surface area contributed by atoms with Gasteiger partial charge in [0.15, 0.2) is 5.78 Å². The second-order valence-corrected chi connectivity index (χ2v) is 10.3. The second kappa shape index (κ2) is 10.1. The zero-order valence-corrected chi connectivity index (χ0v) is 21.4. The first kappa shape index (κ1) is 23.9. The van der Waals surface area contributed by atoms with Gasteiger partial charge in [-0.25, -0.2) is 4.39 Å². The molecule has 0 bridgehead atoms. The molecule has 8 heteroatoms. The lowest BCUT2D eigenvalue weighted by molar-refractivity contribution is 0.0911. The molecule has 0 aliphatic carbocycles.